The summed E-state index contributed by atoms with van der Waals surface area (Å²) < 4.78 is 27.6. The van der Waals surface area contributed by atoms with Crippen LogP contribution < -0.4 is 11.1 Å². The third-order valence-electron chi connectivity index (χ3n) is 3.51. The van der Waals surface area contributed by atoms with Gasteiger partial charge in [-0.1, -0.05) is 12.2 Å². The van der Waals surface area contributed by atoms with Crippen molar-refractivity contribution in [2.24, 2.45) is 5.73 Å². The molecular formula is C13H17F2N3S. The third-order valence-corrected chi connectivity index (χ3v) is 3.75. The second kappa shape index (κ2) is 5.79. The molecule has 3 nitrogen and oxygen atoms in total. The molecule has 1 aromatic rings. The van der Waals surface area contributed by atoms with Crippen LogP contribution in [0.25, 0.3) is 0 Å². The minimum atomic E-state index is -0.663. The van der Waals surface area contributed by atoms with E-state index in [9.17, 15) is 8.78 Å². The van der Waals surface area contributed by atoms with Crippen molar-refractivity contribution in [2.45, 2.75) is 18.9 Å². The van der Waals surface area contributed by atoms with Crippen LogP contribution in [0.1, 0.15) is 18.4 Å². The second-order valence-corrected chi connectivity index (χ2v) is 5.28. The molecule has 3 N–H and O–H groups in total. The average Bonchev–Trinajstić information content (AvgIpc) is 2.73. The molecule has 1 aliphatic heterocycles. The quantitative estimate of drug-likeness (QED) is 0.831. The fraction of sp³-hybridized carbons (Fsp3) is 0.462. The molecule has 1 fully saturated rings. The Morgan fingerprint density at radius 1 is 1.47 bits per heavy atom. The number of likely N-dealkylation sites (tertiary alicyclic amines) is 1. The minimum Gasteiger partial charge on any atom is -0.389 e. The van der Waals surface area contributed by atoms with Crippen LogP contribution in [0.5, 0.6) is 0 Å². The first-order chi connectivity index (χ1) is 8.99. The Kier molecular flexibility index (Phi) is 4.31. The highest BCUT2D eigenvalue weighted by Crippen LogP contribution is 2.22. The van der Waals surface area contributed by atoms with Crippen LogP contribution in [0, 0.1) is 11.6 Å². The zero-order chi connectivity index (χ0) is 14.0. The van der Waals surface area contributed by atoms with Gasteiger partial charge in [-0.15, -0.1) is 0 Å². The summed E-state index contributed by atoms with van der Waals surface area (Å²) in [5.41, 5.74) is 5.46. The maximum Gasteiger partial charge on any atom is 0.150 e. The summed E-state index contributed by atoms with van der Waals surface area (Å²) in [5.74, 6) is -1.33. The van der Waals surface area contributed by atoms with Crippen LogP contribution in [0.15, 0.2) is 12.1 Å². The van der Waals surface area contributed by atoms with E-state index in [4.69, 9.17) is 18.0 Å². The van der Waals surface area contributed by atoms with Crippen LogP contribution in [-0.4, -0.2) is 36.1 Å². The third kappa shape index (κ3) is 3.19. The van der Waals surface area contributed by atoms with Gasteiger partial charge in [0.15, 0.2) is 0 Å². The molecule has 1 aliphatic rings. The lowest BCUT2D eigenvalue weighted by Crippen LogP contribution is -2.32. The zero-order valence-electron chi connectivity index (χ0n) is 10.7. The molecule has 1 atom stereocenters. The van der Waals surface area contributed by atoms with Gasteiger partial charge >= 0.3 is 0 Å². The molecule has 1 heterocycles. The van der Waals surface area contributed by atoms with Crippen molar-refractivity contribution in [3.63, 3.8) is 0 Å². The molecule has 0 spiro atoms. The van der Waals surface area contributed by atoms with Gasteiger partial charge in [0.1, 0.15) is 22.3 Å². The smallest absolute Gasteiger partial charge is 0.150 e. The Morgan fingerprint density at radius 3 is 2.58 bits per heavy atom. The molecule has 0 saturated carbocycles. The van der Waals surface area contributed by atoms with Crippen molar-refractivity contribution >= 4 is 22.9 Å². The normalized spacial score (nSPS) is 19.6. The molecular weight excluding hydrogens is 268 g/mol. The molecule has 0 radical (unpaired) electrons. The summed E-state index contributed by atoms with van der Waals surface area (Å²) in [6.45, 7) is 1.55. The highest BCUT2D eigenvalue weighted by atomic mass is 32.1. The number of nitrogens with two attached hydrogens (primary N) is 1. The molecule has 0 amide bonds. The Balaban J connectivity index is 2.10. The summed E-state index contributed by atoms with van der Waals surface area (Å²) in [5, 5.41) is 2.84. The molecule has 1 unspecified atom stereocenters. The summed E-state index contributed by atoms with van der Waals surface area (Å²) in [4.78, 5) is 2.17. The second-order valence-electron chi connectivity index (χ2n) is 4.84. The molecule has 0 aliphatic carbocycles. The summed E-state index contributed by atoms with van der Waals surface area (Å²) in [6, 6.07) is 2.63. The Morgan fingerprint density at radius 2 is 2.11 bits per heavy atom. The molecule has 104 valence electrons. The van der Waals surface area contributed by atoms with Gasteiger partial charge < -0.3 is 16.0 Å². The Labute approximate surface area is 116 Å². The average molecular weight is 285 g/mol. The first kappa shape index (κ1) is 14.1. The number of hydrogen-bond donors (Lipinski definition) is 2. The fourth-order valence-corrected chi connectivity index (χ4v) is 2.46. The first-order valence-corrected chi connectivity index (χ1v) is 6.63. The van der Waals surface area contributed by atoms with Crippen molar-refractivity contribution in [1.82, 2.24) is 4.90 Å². The van der Waals surface area contributed by atoms with Gasteiger partial charge in [-0.25, -0.2) is 8.78 Å². The van der Waals surface area contributed by atoms with Gasteiger partial charge in [0, 0.05) is 18.2 Å². The molecule has 1 aromatic carbocycles. The molecule has 19 heavy (non-hydrogen) atoms. The van der Waals surface area contributed by atoms with Gasteiger partial charge in [0.2, 0.25) is 0 Å². The minimum absolute atomic E-state index is 0.0140. The van der Waals surface area contributed by atoms with E-state index < -0.39 is 11.6 Å². The van der Waals surface area contributed by atoms with E-state index in [2.05, 4.69) is 10.2 Å². The number of likely N-dealkylation sites (N-methyl/N-ethyl adjacent to an activating group) is 1. The summed E-state index contributed by atoms with van der Waals surface area (Å²) in [7, 11) is 2.02. The van der Waals surface area contributed by atoms with E-state index in [0.717, 1.165) is 31.5 Å². The monoisotopic (exact) mass is 285 g/mol. The highest BCUT2D eigenvalue weighted by Gasteiger charge is 2.21. The zero-order valence-corrected chi connectivity index (χ0v) is 11.6. The summed E-state index contributed by atoms with van der Waals surface area (Å²) >= 11 is 4.71. The molecule has 0 bridgehead atoms. The maximum absolute atomic E-state index is 13.8. The molecule has 0 aromatic heterocycles. The van der Waals surface area contributed by atoms with E-state index >= 15 is 0 Å². The van der Waals surface area contributed by atoms with E-state index in [1.54, 1.807) is 0 Å². The predicted octanol–water partition coefficient (Wildman–Crippen LogP) is 2.11. The Hall–Kier alpha value is -1.27. The van der Waals surface area contributed by atoms with Gasteiger partial charge in [-0.2, -0.15) is 0 Å². The van der Waals surface area contributed by atoms with E-state index in [1.807, 2.05) is 7.05 Å². The van der Waals surface area contributed by atoms with Crippen LogP contribution in [0.4, 0.5) is 14.5 Å². The molecule has 2 rings (SSSR count). The number of anilines is 1. The highest BCUT2D eigenvalue weighted by molar-refractivity contribution is 7.80. The fourth-order valence-electron chi connectivity index (χ4n) is 2.34. The standard InChI is InChI=1S/C13H17F2N3S/c1-18-4-2-3-9(18)7-17-12-10(14)5-8(13(16)19)6-11(12)15/h5-6,9,17H,2-4,7H2,1H3,(H2,16,19). The number of halogens is 2. The summed E-state index contributed by atoms with van der Waals surface area (Å²) in [6.07, 6.45) is 2.16. The van der Waals surface area contributed by atoms with Gasteiger partial charge in [-0.05, 0) is 38.6 Å². The molecule has 1 saturated heterocycles. The number of benzene rings is 1. The lowest BCUT2D eigenvalue weighted by Gasteiger charge is -2.20. The van der Waals surface area contributed by atoms with Crippen LogP contribution in [0.2, 0.25) is 0 Å². The van der Waals surface area contributed by atoms with E-state index in [0.29, 0.717) is 12.6 Å². The van der Waals surface area contributed by atoms with Gasteiger partial charge in [-0.3, -0.25) is 0 Å². The van der Waals surface area contributed by atoms with Gasteiger partial charge in [0.25, 0.3) is 0 Å². The Bertz CT molecular complexity index is 470. The lowest BCUT2D eigenvalue weighted by molar-refractivity contribution is 0.322. The molecule has 6 heteroatoms. The largest absolute Gasteiger partial charge is 0.389 e. The van der Waals surface area contributed by atoms with E-state index in [1.165, 1.54) is 0 Å². The number of thiocarbonyl (C=S) groups is 1. The number of nitrogens with one attached hydrogen (secondary N) is 1. The van der Waals surface area contributed by atoms with Crippen LogP contribution >= 0.6 is 12.2 Å². The maximum atomic E-state index is 13.8. The van der Waals surface area contributed by atoms with Crippen molar-refractivity contribution in [3.05, 3.63) is 29.3 Å². The van der Waals surface area contributed by atoms with Crippen molar-refractivity contribution < 1.29 is 8.78 Å². The number of nitrogens with zero attached hydrogens (tertiary/aromatic N) is 1. The van der Waals surface area contributed by atoms with Gasteiger partial charge in [0.05, 0.1) is 0 Å². The van der Waals surface area contributed by atoms with E-state index in [-0.39, 0.29) is 16.2 Å². The lowest BCUT2D eigenvalue weighted by atomic mass is 10.1. The SMILES string of the molecule is CN1CCCC1CNc1c(F)cc(C(N)=S)cc1F. The topological polar surface area (TPSA) is 41.3 Å². The first-order valence-electron chi connectivity index (χ1n) is 6.22. The van der Waals surface area contributed by atoms with Crippen molar-refractivity contribution in [1.29, 1.82) is 0 Å². The van der Waals surface area contributed by atoms with Crippen molar-refractivity contribution in [2.75, 3.05) is 25.5 Å². The van der Waals surface area contributed by atoms with Crippen LogP contribution in [0.3, 0.4) is 0 Å². The number of hydrogen-bond acceptors (Lipinski definition) is 3. The predicted molar refractivity (Wildman–Crippen MR) is 76.4 cm³/mol. The van der Waals surface area contributed by atoms with Crippen LogP contribution in [-0.2, 0) is 0 Å². The number of rotatable bonds is 4. The van der Waals surface area contributed by atoms with Crippen molar-refractivity contribution in [3.8, 4) is 0 Å².